The van der Waals surface area contributed by atoms with Crippen LogP contribution in [0.4, 0.5) is 4.79 Å². The monoisotopic (exact) mass is 174 g/mol. The molecule has 0 rings (SSSR count). The van der Waals surface area contributed by atoms with Gasteiger partial charge in [0.25, 0.3) is 0 Å². The van der Waals surface area contributed by atoms with Crippen molar-refractivity contribution in [2.75, 3.05) is 26.4 Å². The first kappa shape index (κ1) is 11.0. The molecule has 70 valence electrons. The maximum Gasteiger partial charge on any atom is 0.508 e. The molecular formula is C8H14O4. The summed E-state index contributed by atoms with van der Waals surface area (Å²) in [6.07, 6.45) is 0.976. The quantitative estimate of drug-likeness (QED) is 0.346. The molecule has 12 heavy (non-hydrogen) atoms. The number of ether oxygens (including phenoxy) is 3. The molecule has 0 saturated carbocycles. The second-order valence-electron chi connectivity index (χ2n) is 1.90. The zero-order valence-corrected chi connectivity index (χ0v) is 7.25. The van der Waals surface area contributed by atoms with Gasteiger partial charge in [0.1, 0.15) is 6.61 Å². The maximum absolute atomic E-state index is 10.6. The van der Waals surface area contributed by atoms with Gasteiger partial charge in [-0.3, -0.25) is 0 Å². The first-order chi connectivity index (χ1) is 5.81. The minimum Gasteiger partial charge on any atom is -0.435 e. The lowest BCUT2D eigenvalue weighted by molar-refractivity contribution is 0.0344. The van der Waals surface area contributed by atoms with E-state index < -0.39 is 6.16 Å². The minimum absolute atomic E-state index is 0.215. The summed E-state index contributed by atoms with van der Waals surface area (Å²) in [5.41, 5.74) is 0. The molecule has 0 N–H and O–H groups in total. The van der Waals surface area contributed by atoms with Crippen LogP contribution in [0.15, 0.2) is 12.7 Å². The Kier molecular flexibility index (Phi) is 7.38. The van der Waals surface area contributed by atoms with E-state index in [1.54, 1.807) is 13.0 Å². The lowest BCUT2D eigenvalue weighted by Crippen LogP contribution is -2.11. The molecule has 4 nitrogen and oxygen atoms in total. The lowest BCUT2D eigenvalue weighted by Gasteiger charge is -2.03. The molecule has 0 bridgehead atoms. The molecule has 0 aliphatic heterocycles. The van der Waals surface area contributed by atoms with Gasteiger partial charge in [-0.25, -0.2) is 4.79 Å². The van der Waals surface area contributed by atoms with Gasteiger partial charge in [-0.2, -0.15) is 0 Å². The summed E-state index contributed by atoms with van der Waals surface area (Å²) in [5.74, 6) is 0. The Hall–Kier alpha value is -1.03. The molecule has 0 aromatic carbocycles. The average molecular weight is 174 g/mol. The highest BCUT2D eigenvalue weighted by Crippen LogP contribution is 1.85. The van der Waals surface area contributed by atoms with Gasteiger partial charge < -0.3 is 14.2 Å². The van der Waals surface area contributed by atoms with Crippen molar-refractivity contribution in [3.63, 3.8) is 0 Å². The number of carbonyl (C=O) groups is 1. The van der Waals surface area contributed by atoms with Crippen molar-refractivity contribution in [2.45, 2.75) is 6.92 Å². The molecule has 0 radical (unpaired) electrons. The topological polar surface area (TPSA) is 44.8 Å². The summed E-state index contributed by atoms with van der Waals surface area (Å²) < 4.78 is 14.1. The third kappa shape index (κ3) is 7.08. The van der Waals surface area contributed by atoms with E-state index in [-0.39, 0.29) is 6.61 Å². The van der Waals surface area contributed by atoms with E-state index in [0.29, 0.717) is 19.8 Å². The third-order valence-corrected chi connectivity index (χ3v) is 0.945. The highest BCUT2D eigenvalue weighted by molar-refractivity contribution is 5.59. The van der Waals surface area contributed by atoms with Crippen molar-refractivity contribution in [1.82, 2.24) is 0 Å². The van der Waals surface area contributed by atoms with Gasteiger partial charge in [0.2, 0.25) is 0 Å². The van der Waals surface area contributed by atoms with Crippen LogP contribution in [0.3, 0.4) is 0 Å². The highest BCUT2D eigenvalue weighted by Gasteiger charge is 1.99. The fourth-order valence-corrected chi connectivity index (χ4v) is 0.510. The Morgan fingerprint density at radius 2 is 2.17 bits per heavy atom. The van der Waals surface area contributed by atoms with Crippen molar-refractivity contribution >= 4 is 6.16 Å². The second-order valence-corrected chi connectivity index (χ2v) is 1.90. The fraction of sp³-hybridized carbons (Fsp3) is 0.625. The van der Waals surface area contributed by atoms with Gasteiger partial charge in [0.05, 0.1) is 19.8 Å². The molecule has 0 spiro atoms. The van der Waals surface area contributed by atoms with Gasteiger partial charge in [0.15, 0.2) is 0 Å². The molecule has 0 aliphatic carbocycles. The molecule has 0 amide bonds. The predicted molar refractivity (Wildman–Crippen MR) is 44.0 cm³/mol. The van der Waals surface area contributed by atoms with E-state index in [2.05, 4.69) is 16.1 Å². The number of hydrogen-bond acceptors (Lipinski definition) is 4. The minimum atomic E-state index is -0.653. The van der Waals surface area contributed by atoms with Crippen LogP contribution in [0, 0.1) is 0 Å². The Balaban J connectivity index is 3.08. The third-order valence-electron chi connectivity index (χ3n) is 0.945. The lowest BCUT2D eigenvalue weighted by atomic mass is 10.7. The van der Waals surface area contributed by atoms with Gasteiger partial charge in [0, 0.05) is 0 Å². The van der Waals surface area contributed by atoms with Crippen molar-refractivity contribution < 1.29 is 19.0 Å². The van der Waals surface area contributed by atoms with Crippen LogP contribution in [0.1, 0.15) is 6.92 Å². The van der Waals surface area contributed by atoms with E-state index in [9.17, 15) is 4.79 Å². The molecule has 0 heterocycles. The molecule has 4 heteroatoms. The van der Waals surface area contributed by atoms with Crippen LogP contribution in [0.5, 0.6) is 0 Å². The fourth-order valence-electron chi connectivity index (χ4n) is 0.510. The standard InChI is InChI=1S/C8H14O4/c1-3-5-10-6-7-12-8(9)11-4-2/h3H,1,4-7H2,2H3. The molecule has 0 saturated heterocycles. The van der Waals surface area contributed by atoms with Crippen LogP contribution in [-0.4, -0.2) is 32.6 Å². The Bertz CT molecular complexity index is 133. The van der Waals surface area contributed by atoms with Crippen LogP contribution >= 0.6 is 0 Å². The number of carbonyl (C=O) groups excluding carboxylic acids is 1. The number of rotatable bonds is 6. The molecule has 0 aromatic rings. The van der Waals surface area contributed by atoms with Gasteiger partial charge >= 0.3 is 6.16 Å². The summed E-state index contributed by atoms with van der Waals surface area (Å²) in [7, 11) is 0. The van der Waals surface area contributed by atoms with Crippen molar-refractivity contribution in [3.05, 3.63) is 12.7 Å². The van der Waals surface area contributed by atoms with E-state index in [0.717, 1.165) is 0 Å². The summed E-state index contributed by atoms with van der Waals surface area (Å²) in [6, 6.07) is 0. The highest BCUT2D eigenvalue weighted by atomic mass is 16.7. The Morgan fingerprint density at radius 3 is 2.75 bits per heavy atom. The number of hydrogen-bond donors (Lipinski definition) is 0. The van der Waals surface area contributed by atoms with Crippen molar-refractivity contribution in [1.29, 1.82) is 0 Å². The van der Waals surface area contributed by atoms with Crippen molar-refractivity contribution in [2.24, 2.45) is 0 Å². The molecule has 0 aliphatic rings. The van der Waals surface area contributed by atoms with Gasteiger partial charge in [-0.1, -0.05) is 6.08 Å². The van der Waals surface area contributed by atoms with E-state index in [1.807, 2.05) is 0 Å². The summed E-state index contributed by atoms with van der Waals surface area (Å²) in [4.78, 5) is 10.6. The Labute approximate surface area is 72.1 Å². The molecule has 0 aromatic heterocycles. The smallest absolute Gasteiger partial charge is 0.435 e. The van der Waals surface area contributed by atoms with Crippen LogP contribution < -0.4 is 0 Å². The van der Waals surface area contributed by atoms with E-state index >= 15 is 0 Å². The van der Waals surface area contributed by atoms with Crippen LogP contribution in [-0.2, 0) is 14.2 Å². The van der Waals surface area contributed by atoms with Crippen LogP contribution in [0.2, 0.25) is 0 Å². The van der Waals surface area contributed by atoms with E-state index in [1.165, 1.54) is 0 Å². The van der Waals surface area contributed by atoms with Gasteiger partial charge in [-0.05, 0) is 6.92 Å². The van der Waals surface area contributed by atoms with Gasteiger partial charge in [-0.15, -0.1) is 6.58 Å². The molecule has 0 atom stereocenters. The molecule has 0 fully saturated rings. The zero-order chi connectivity index (χ0) is 9.23. The summed E-state index contributed by atoms with van der Waals surface area (Å²) >= 11 is 0. The first-order valence-corrected chi connectivity index (χ1v) is 3.79. The predicted octanol–water partition coefficient (Wildman–Crippen LogP) is 1.36. The largest absolute Gasteiger partial charge is 0.508 e. The van der Waals surface area contributed by atoms with Crippen LogP contribution in [0.25, 0.3) is 0 Å². The normalized spacial score (nSPS) is 9.08. The SMILES string of the molecule is C=CCOCCOC(=O)OCC. The summed E-state index contributed by atoms with van der Waals surface area (Å²) in [5, 5.41) is 0. The maximum atomic E-state index is 10.6. The zero-order valence-electron chi connectivity index (χ0n) is 7.25. The average Bonchev–Trinajstić information content (AvgIpc) is 2.05. The first-order valence-electron chi connectivity index (χ1n) is 3.79. The second kappa shape index (κ2) is 8.07. The Morgan fingerprint density at radius 1 is 1.42 bits per heavy atom. The summed E-state index contributed by atoms with van der Waals surface area (Å²) in [6.45, 7) is 6.55. The van der Waals surface area contributed by atoms with E-state index in [4.69, 9.17) is 4.74 Å². The molecular weight excluding hydrogens is 160 g/mol. The molecule has 0 unspecified atom stereocenters. The van der Waals surface area contributed by atoms with Crippen molar-refractivity contribution in [3.8, 4) is 0 Å².